The maximum absolute atomic E-state index is 14.1. The van der Waals surface area contributed by atoms with Gasteiger partial charge in [0.15, 0.2) is 5.13 Å². The zero-order valence-corrected chi connectivity index (χ0v) is 17.6. The van der Waals surface area contributed by atoms with Gasteiger partial charge >= 0.3 is 0 Å². The second-order valence-corrected chi connectivity index (χ2v) is 7.18. The van der Waals surface area contributed by atoms with E-state index in [-0.39, 0.29) is 22.6 Å². The van der Waals surface area contributed by atoms with Gasteiger partial charge in [-0.05, 0) is 36.4 Å². The monoisotopic (exact) mass is 438 g/mol. The summed E-state index contributed by atoms with van der Waals surface area (Å²) in [5.74, 6) is -1.60. The molecule has 0 fully saturated rings. The van der Waals surface area contributed by atoms with Crippen molar-refractivity contribution in [3.8, 4) is 0 Å². The van der Waals surface area contributed by atoms with E-state index in [9.17, 15) is 18.8 Å². The van der Waals surface area contributed by atoms with Crippen LogP contribution in [0.2, 0.25) is 0 Å². The number of hydrogen-bond donors (Lipinski definition) is 2. The first-order valence-electron chi connectivity index (χ1n) is 9.21. The molecule has 7 nitrogen and oxygen atoms in total. The molecule has 1 heterocycles. The van der Waals surface area contributed by atoms with Gasteiger partial charge in [0.2, 0.25) is 11.8 Å². The number of aromatic nitrogens is 1. The highest BCUT2D eigenvalue weighted by atomic mass is 32.1. The Morgan fingerprint density at radius 1 is 1.13 bits per heavy atom. The van der Waals surface area contributed by atoms with Crippen LogP contribution in [0.25, 0.3) is 6.08 Å². The van der Waals surface area contributed by atoms with Gasteiger partial charge in [-0.1, -0.05) is 18.2 Å². The molecule has 3 aromatic rings. The molecule has 31 heavy (non-hydrogen) atoms. The van der Waals surface area contributed by atoms with Crippen LogP contribution in [0.1, 0.15) is 23.0 Å². The smallest absolute Gasteiger partial charge is 0.251 e. The molecule has 0 spiro atoms. The van der Waals surface area contributed by atoms with Gasteiger partial charge in [-0.25, -0.2) is 9.37 Å². The normalized spacial score (nSPS) is 10.7. The number of anilines is 3. The van der Waals surface area contributed by atoms with Gasteiger partial charge in [-0.15, -0.1) is 11.3 Å². The Bertz CT molecular complexity index is 1160. The Balaban J connectivity index is 1.73. The van der Waals surface area contributed by atoms with Gasteiger partial charge in [-0.2, -0.15) is 0 Å². The van der Waals surface area contributed by atoms with Crippen molar-refractivity contribution in [1.29, 1.82) is 0 Å². The number of hydrogen-bond acceptors (Lipinski definition) is 5. The van der Waals surface area contributed by atoms with Crippen molar-refractivity contribution in [3.05, 3.63) is 77.1 Å². The molecule has 1 aromatic heterocycles. The molecule has 0 aliphatic carbocycles. The number of nitrogens with one attached hydrogen (secondary N) is 2. The summed E-state index contributed by atoms with van der Waals surface area (Å²) in [6, 6.07) is 12.5. The molecule has 0 saturated carbocycles. The summed E-state index contributed by atoms with van der Waals surface area (Å²) in [6.45, 7) is 1.32. The van der Waals surface area contributed by atoms with E-state index in [1.165, 1.54) is 49.2 Å². The minimum absolute atomic E-state index is 0.105. The van der Waals surface area contributed by atoms with E-state index in [0.29, 0.717) is 16.9 Å². The first-order chi connectivity index (χ1) is 14.9. The lowest BCUT2D eigenvalue weighted by molar-refractivity contribution is -0.116. The molecule has 0 aliphatic heterocycles. The molecule has 0 bridgehead atoms. The largest absolute Gasteiger partial charge is 0.355 e. The van der Waals surface area contributed by atoms with E-state index >= 15 is 0 Å². The number of carbonyl (C=O) groups excluding carboxylic acids is 3. The number of thiazole rings is 1. The Morgan fingerprint density at radius 2 is 1.90 bits per heavy atom. The molecule has 3 amide bonds. The highest BCUT2D eigenvalue weighted by Crippen LogP contribution is 2.31. The summed E-state index contributed by atoms with van der Waals surface area (Å²) in [7, 11) is 1.53. The number of nitrogens with zero attached hydrogens (tertiary/aromatic N) is 2. The summed E-state index contributed by atoms with van der Waals surface area (Å²) >= 11 is 1.15. The Labute approximate surface area is 182 Å². The van der Waals surface area contributed by atoms with Gasteiger partial charge < -0.3 is 10.6 Å². The number of amides is 3. The second kappa shape index (κ2) is 9.77. The van der Waals surface area contributed by atoms with E-state index in [0.717, 1.165) is 11.3 Å². The SMILES string of the molecule is CNC(=O)c1cccc(NC(=O)/C=C/c2csc(N(C(C)=O)c3ccccc3F)n2)c1. The van der Waals surface area contributed by atoms with Gasteiger partial charge in [0.25, 0.3) is 5.91 Å². The molecule has 9 heteroatoms. The maximum atomic E-state index is 14.1. The maximum Gasteiger partial charge on any atom is 0.251 e. The highest BCUT2D eigenvalue weighted by molar-refractivity contribution is 7.14. The van der Waals surface area contributed by atoms with Gasteiger partial charge in [0, 0.05) is 36.7 Å². The van der Waals surface area contributed by atoms with Crippen LogP contribution >= 0.6 is 11.3 Å². The predicted octanol–water partition coefficient (Wildman–Crippen LogP) is 3.98. The lowest BCUT2D eigenvalue weighted by Crippen LogP contribution is -2.23. The zero-order chi connectivity index (χ0) is 22.4. The van der Waals surface area contributed by atoms with Crippen LogP contribution < -0.4 is 15.5 Å². The molecule has 158 valence electrons. The molecule has 0 atom stereocenters. The van der Waals surface area contributed by atoms with Crippen molar-refractivity contribution in [2.75, 3.05) is 17.3 Å². The summed E-state index contributed by atoms with van der Waals surface area (Å²) < 4.78 is 14.1. The molecular weight excluding hydrogens is 419 g/mol. The van der Waals surface area contributed by atoms with Crippen LogP contribution in [0.15, 0.2) is 60.0 Å². The number of benzene rings is 2. The average molecular weight is 438 g/mol. The highest BCUT2D eigenvalue weighted by Gasteiger charge is 2.20. The number of halogens is 1. The molecule has 2 N–H and O–H groups in total. The first-order valence-corrected chi connectivity index (χ1v) is 10.1. The number of rotatable bonds is 6. The lowest BCUT2D eigenvalue weighted by atomic mass is 10.2. The molecule has 3 rings (SSSR count). The lowest BCUT2D eigenvalue weighted by Gasteiger charge is -2.18. The summed E-state index contributed by atoms with van der Waals surface area (Å²) in [5, 5.41) is 7.13. The van der Waals surface area contributed by atoms with E-state index in [1.807, 2.05) is 0 Å². The van der Waals surface area contributed by atoms with Crippen LogP contribution in [0, 0.1) is 5.82 Å². The Morgan fingerprint density at radius 3 is 2.61 bits per heavy atom. The fraction of sp³-hybridized carbons (Fsp3) is 0.0909. The van der Waals surface area contributed by atoms with E-state index in [1.54, 1.807) is 35.7 Å². The third-order valence-electron chi connectivity index (χ3n) is 4.13. The van der Waals surface area contributed by atoms with Crippen molar-refractivity contribution in [3.63, 3.8) is 0 Å². The molecule has 0 aliphatic rings. The predicted molar refractivity (Wildman–Crippen MR) is 119 cm³/mol. The summed E-state index contributed by atoms with van der Waals surface area (Å²) in [4.78, 5) is 41.5. The average Bonchev–Trinajstić information content (AvgIpc) is 3.21. The van der Waals surface area contributed by atoms with Crippen LogP contribution in [-0.2, 0) is 9.59 Å². The van der Waals surface area contributed by atoms with Gasteiger partial charge in [0.1, 0.15) is 5.82 Å². The number of carbonyl (C=O) groups is 3. The minimum atomic E-state index is -0.539. The standard InChI is InChI=1S/C22H19FN4O3S/c1-14(28)27(19-9-4-3-8-18(19)23)22-26-17(13-31-22)10-11-20(29)25-16-7-5-6-15(12-16)21(30)24-2/h3-13H,1-2H3,(H,24,30)(H,25,29)/b11-10+. The molecular formula is C22H19FN4O3S. The third-order valence-corrected chi connectivity index (χ3v) is 4.98. The van der Waals surface area contributed by atoms with Crippen LogP contribution in [0.5, 0.6) is 0 Å². The molecule has 0 saturated heterocycles. The summed E-state index contributed by atoms with van der Waals surface area (Å²) in [5.41, 5.74) is 1.44. The van der Waals surface area contributed by atoms with Crippen molar-refractivity contribution >= 4 is 51.6 Å². The molecule has 0 unspecified atom stereocenters. The van der Waals surface area contributed by atoms with Crippen molar-refractivity contribution in [2.24, 2.45) is 0 Å². The van der Waals surface area contributed by atoms with E-state index in [4.69, 9.17) is 0 Å². The number of para-hydroxylation sites is 1. The molecule has 2 aromatic carbocycles. The second-order valence-electron chi connectivity index (χ2n) is 6.34. The molecule has 0 radical (unpaired) electrons. The fourth-order valence-corrected chi connectivity index (χ4v) is 3.57. The first kappa shape index (κ1) is 21.8. The quantitative estimate of drug-likeness (QED) is 0.570. The van der Waals surface area contributed by atoms with E-state index in [2.05, 4.69) is 15.6 Å². The summed E-state index contributed by atoms with van der Waals surface area (Å²) in [6.07, 6.45) is 2.77. The van der Waals surface area contributed by atoms with Gasteiger partial charge in [0.05, 0.1) is 11.4 Å². The van der Waals surface area contributed by atoms with Gasteiger partial charge in [-0.3, -0.25) is 19.3 Å². The van der Waals surface area contributed by atoms with Crippen LogP contribution in [-0.4, -0.2) is 29.8 Å². The topological polar surface area (TPSA) is 91.4 Å². The Hall–Kier alpha value is -3.85. The van der Waals surface area contributed by atoms with Crippen LogP contribution in [0.4, 0.5) is 20.9 Å². The minimum Gasteiger partial charge on any atom is -0.355 e. The van der Waals surface area contributed by atoms with Crippen molar-refractivity contribution < 1.29 is 18.8 Å². The Kier molecular flexibility index (Phi) is 6.88. The van der Waals surface area contributed by atoms with Crippen LogP contribution in [0.3, 0.4) is 0 Å². The fourth-order valence-electron chi connectivity index (χ4n) is 2.72. The van der Waals surface area contributed by atoms with Crippen molar-refractivity contribution in [1.82, 2.24) is 10.3 Å². The zero-order valence-electron chi connectivity index (χ0n) is 16.8. The van der Waals surface area contributed by atoms with Crippen molar-refractivity contribution in [2.45, 2.75) is 6.92 Å². The van der Waals surface area contributed by atoms with E-state index < -0.39 is 11.7 Å². The third kappa shape index (κ3) is 5.40.